The van der Waals surface area contributed by atoms with Crippen LogP contribution in [-0.2, 0) is 11.8 Å². The Labute approximate surface area is 172 Å². The van der Waals surface area contributed by atoms with Crippen molar-refractivity contribution < 1.29 is 5.11 Å². The summed E-state index contributed by atoms with van der Waals surface area (Å²) >= 11 is 0. The van der Waals surface area contributed by atoms with Crippen LogP contribution < -0.4 is 0 Å². The van der Waals surface area contributed by atoms with Crippen LogP contribution >= 0.6 is 0 Å². The van der Waals surface area contributed by atoms with Gasteiger partial charge < -0.3 is 5.11 Å². The summed E-state index contributed by atoms with van der Waals surface area (Å²) in [5.74, 6) is 0.293. The maximum Gasteiger partial charge on any atom is 0.120 e. The Morgan fingerprint density at radius 2 is 1.07 bits per heavy atom. The van der Waals surface area contributed by atoms with E-state index < -0.39 is 5.41 Å². The lowest BCUT2D eigenvalue weighted by Crippen LogP contribution is -2.32. The minimum atomic E-state index is -0.645. The molecule has 0 saturated carbocycles. The van der Waals surface area contributed by atoms with Gasteiger partial charge in [-0.05, 0) is 34.7 Å². The van der Waals surface area contributed by atoms with Crippen molar-refractivity contribution in [2.24, 2.45) is 0 Å². The molecule has 1 N–H and O–H groups in total. The molecule has 4 aromatic carbocycles. The molecule has 0 aliphatic heterocycles. The summed E-state index contributed by atoms with van der Waals surface area (Å²) in [6, 6.07) is 37.1. The molecule has 1 nitrogen and oxygen atoms in total. The van der Waals surface area contributed by atoms with Crippen LogP contribution in [0.3, 0.4) is 0 Å². The van der Waals surface area contributed by atoms with Crippen LogP contribution in [-0.4, -0.2) is 5.11 Å². The Balaban J connectivity index is 2.21. The molecule has 4 aromatic rings. The fourth-order valence-corrected chi connectivity index (χ4v) is 4.34. The Morgan fingerprint density at radius 3 is 1.48 bits per heavy atom. The highest BCUT2D eigenvalue weighted by Gasteiger charge is 2.41. The second-order valence-corrected chi connectivity index (χ2v) is 7.15. The summed E-state index contributed by atoms with van der Waals surface area (Å²) in [5.41, 5.74) is 4.67. The lowest BCUT2D eigenvalue weighted by molar-refractivity contribution is 0.459. The highest BCUT2D eigenvalue weighted by molar-refractivity contribution is 5.65. The fourth-order valence-electron chi connectivity index (χ4n) is 4.34. The van der Waals surface area contributed by atoms with E-state index in [9.17, 15) is 5.11 Å². The quantitative estimate of drug-likeness (QED) is 0.301. The molecule has 0 heterocycles. The van der Waals surface area contributed by atoms with Crippen LogP contribution in [0.4, 0.5) is 0 Å². The van der Waals surface area contributed by atoms with Crippen LogP contribution in [0.1, 0.15) is 27.8 Å². The van der Waals surface area contributed by atoms with Gasteiger partial charge in [-0.3, -0.25) is 0 Å². The average molecular weight is 376 g/mol. The third-order valence-electron chi connectivity index (χ3n) is 5.49. The van der Waals surface area contributed by atoms with Crippen LogP contribution in [0.5, 0.6) is 5.75 Å². The van der Waals surface area contributed by atoms with Crippen LogP contribution in [0.15, 0.2) is 122 Å². The van der Waals surface area contributed by atoms with Gasteiger partial charge in [-0.1, -0.05) is 109 Å². The summed E-state index contributed by atoms with van der Waals surface area (Å²) < 4.78 is 0. The molecule has 0 atom stereocenters. The maximum absolute atomic E-state index is 11.2. The second kappa shape index (κ2) is 8.20. The van der Waals surface area contributed by atoms with E-state index in [1.807, 2.05) is 30.3 Å². The Kier molecular flexibility index (Phi) is 5.31. The van der Waals surface area contributed by atoms with Gasteiger partial charge in [0, 0.05) is 5.56 Å². The second-order valence-electron chi connectivity index (χ2n) is 7.15. The molecular formula is C28H24O. The van der Waals surface area contributed by atoms with Gasteiger partial charge in [-0.15, -0.1) is 6.58 Å². The third kappa shape index (κ3) is 3.25. The number of allylic oxidation sites excluding steroid dienone is 1. The van der Waals surface area contributed by atoms with Crippen LogP contribution in [0.2, 0.25) is 0 Å². The summed E-state index contributed by atoms with van der Waals surface area (Å²) in [6.07, 6.45) is 2.57. The highest BCUT2D eigenvalue weighted by atomic mass is 16.3. The predicted octanol–water partition coefficient (Wildman–Crippen LogP) is 6.50. The number of hydrogen-bond acceptors (Lipinski definition) is 1. The molecule has 0 bridgehead atoms. The molecule has 0 aliphatic carbocycles. The van der Waals surface area contributed by atoms with E-state index in [0.29, 0.717) is 12.2 Å². The van der Waals surface area contributed by atoms with Crippen LogP contribution in [0, 0.1) is 0 Å². The van der Waals surface area contributed by atoms with Gasteiger partial charge in [0.2, 0.25) is 0 Å². The summed E-state index contributed by atoms with van der Waals surface area (Å²) in [6.45, 7) is 3.95. The summed E-state index contributed by atoms with van der Waals surface area (Å²) in [4.78, 5) is 0. The number of benzene rings is 4. The monoisotopic (exact) mass is 376 g/mol. The Morgan fingerprint density at radius 1 is 0.621 bits per heavy atom. The number of phenols is 1. The number of rotatable bonds is 6. The molecule has 0 saturated heterocycles. The van der Waals surface area contributed by atoms with E-state index in [4.69, 9.17) is 0 Å². The first-order chi connectivity index (χ1) is 14.3. The standard InChI is InChI=1S/C28H24O/c1-2-13-22-14-12-21-26(29)27(22)28(23-15-6-3-7-16-23,24-17-8-4-9-18-24)25-19-10-5-11-20-25/h2-12,14-21,29H,1,13H2. The molecule has 1 heteroatoms. The molecule has 0 amide bonds. The van der Waals surface area contributed by atoms with Gasteiger partial charge in [0.1, 0.15) is 5.75 Å². The normalized spacial score (nSPS) is 11.2. The Bertz CT molecular complexity index is 986. The minimum Gasteiger partial charge on any atom is -0.508 e. The van der Waals surface area contributed by atoms with Gasteiger partial charge in [-0.2, -0.15) is 0 Å². The van der Waals surface area contributed by atoms with Crippen LogP contribution in [0.25, 0.3) is 0 Å². The first kappa shape index (κ1) is 18.8. The molecule has 0 spiro atoms. The zero-order valence-corrected chi connectivity index (χ0v) is 16.3. The Hall–Kier alpha value is -3.58. The van der Waals surface area contributed by atoms with Crippen molar-refractivity contribution in [3.8, 4) is 5.75 Å². The lowest BCUT2D eigenvalue weighted by Gasteiger charge is -2.38. The fraction of sp³-hybridized carbons (Fsp3) is 0.0714. The molecular weight excluding hydrogens is 352 g/mol. The SMILES string of the molecule is C=CCc1cccc(O)c1C(c1ccccc1)(c1ccccc1)c1ccccc1. The molecule has 0 fully saturated rings. The number of hydrogen-bond donors (Lipinski definition) is 1. The van der Waals surface area contributed by atoms with Gasteiger partial charge in [-0.25, -0.2) is 0 Å². The minimum absolute atomic E-state index is 0.293. The van der Waals surface area contributed by atoms with E-state index in [1.165, 1.54) is 0 Å². The van der Waals surface area contributed by atoms with E-state index in [2.05, 4.69) is 85.4 Å². The van der Waals surface area contributed by atoms with Crippen molar-refractivity contribution >= 4 is 0 Å². The predicted molar refractivity (Wildman–Crippen MR) is 120 cm³/mol. The van der Waals surface area contributed by atoms with E-state index in [1.54, 1.807) is 6.07 Å². The van der Waals surface area contributed by atoms with E-state index in [0.717, 1.165) is 27.8 Å². The third-order valence-corrected chi connectivity index (χ3v) is 5.49. The number of phenolic OH excluding ortho intramolecular Hbond substituents is 1. The zero-order valence-electron chi connectivity index (χ0n) is 16.3. The lowest BCUT2D eigenvalue weighted by atomic mass is 9.63. The highest BCUT2D eigenvalue weighted by Crippen LogP contribution is 2.49. The molecule has 142 valence electrons. The average Bonchev–Trinajstić information content (AvgIpc) is 2.78. The summed E-state index contributed by atoms with van der Waals surface area (Å²) in [7, 11) is 0. The molecule has 0 aliphatic rings. The first-order valence-electron chi connectivity index (χ1n) is 9.87. The topological polar surface area (TPSA) is 20.2 Å². The molecule has 0 radical (unpaired) electrons. The van der Waals surface area contributed by atoms with E-state index >= 15 is 0 Å². The first-order valence-corrected chi connectivity index (χ1v) is 9.87. The maximum atomic E-state index is 11.2. The van der Waals surface area contributed by atoms with Crippen molar-refractivity contribution in [2.75, 3.05) is 0 Å². The molecule has 4 rings (SSSR count). The largest absolute Gasteiger partial charge is 0.508 e. The van der Waals surface area contributed by atoms with Crippen molar-refractivity contribution in [3.05, 3.63) is 150 Å². The number of aromatic hydroxyl groups is 1. The van der Waals surface area contributed by atoms with Gasteiger partial charge in [0.25, 0.3) is 0 Å². The van der Waals surface area contributed by atoms with Gasteiger partial charge >= 0.3 is 0 Å². The molecule has 29 heavy (non-hydrogen) atoms. The van der Waals surface area contributed by atoms with Gasteiger partial charge in [0.05, 0.1) is 5.41 Å². The molecule has 0 unspecified atom stereocenters. The van der Waals surface area contributed by atoms with Crippen molar-refractivity contribution in [2.45, 2.75) is 11.8 Å². The molecule has 0 aromatic heterocycles. The zero-order chi connectivity index (χ0) is 20.1. The van der Waals surface area contributed by atoms with Crippen molar-refractivity contribution in [1.82, 2.24) is 0 Å². The van der Waals surface area contributed by atoms with Crippen molar-refractivity contribution in [3.63, 3.8) is 0 Å². The van der Waals surface area contributed by atoms with Crippen molar-refractivity contribution in [1.29, 1.82) is 0 Å². The van der Waals surface area contributed by atoms with E-state index in [-0.39, 0.29) is 0 Å². The smallest absolute Gasteiger partial charge is 0.120 e. The van der Waals surface area contributed by atoms with Gasteiger partial charge in [0.15, 0.2) is 0 Å². The summed E-state index contributed by atoms with van der Waals surface area (Å²) in [5, 5.41) is 11.2.